The Labute approximate surface area is 139 Å². The number of nitrogens with zero attached hydrogens (tertiary/aromatic N) is 1. The van der Waals surface area contributed by atoms with E-state index in [0.29, 0.717) is 6.04 Å². The van der Waals surface area contributed by atoms with E-state index in [1.807, 2.05) is 0 Å². The van der Waals surface area contributed by atoms with Crippen LogP contribution in [0, 0.1) is 17.8 Å². The molecule has 2 fully saturated rings. The second-order valence-electron chi connectivity index (χ2n) is 7.27. The number of fused-ring (bicyclic) bond motifs is 2. The van der Waals surface area contributed by atoms with Gasteiger partial charge in [-0.3, -0.25) is 4.90 Å². The van der Waals surface area contributed by atoms with Gasteiger partial charge in [0.1, 0.15) is 0 Å². The van der Waals surface area contributed by atoms with E-state index < -0.39 is 0 Å². The molecule has 1 aromatic rings. The van der Waals surface area contributed by atoms with Gasteiger partial charge in [0.05, 0.1) is 13.2 Å². The SMILES string of the molecule is C1=CC2CC1CC2CNCC(c1ccccc1)N1CCOCC1. The van der Waals surface area contributed by atoms with Crippen molar-refractivity contribution in [3.8, 4) is 0 Å². The lowest BCUT2D eigenvalue weighted by molar-refractivity contribution is 0.0159. The Kier molecular flexibility index (Phi) is 4.79. The van der Waals surface area contributed by atoms with Gasteiger partial charge in [0.15, 0.2) is 0 Å². The van der Waals surface area contributed by atoms with Crippen molar-refractivity contribution in [2.45, 2.75) is 18.9 Å². The molecule has 1 aromatic carbocycles. The summed E-state index contributed by atoms with van der Waals surface area (Å²) in [5, 5.41) is 3.79. The number of benzene rings is 1. The van der Waals surface area contributed by atoms with E-state index in [1.165, 1.54) is 24.9 Å². The molecule has 3 heteroatoms. The number of ether oxygens (including phenoxy) is 1. The fourth-order valence-corrected chi connectivity index (χ4v) is 4.56. The van der Waals surface area contributed by atoms with Crippen molar-refractivity contribution in [1.29, 1.82) is 0 Å². The minimum Gasteiger partial charge on any atom is -0.379 e. The molecule has 0 aromatic heterocycles. The van der Waals surface area contributed by atoms with E-state index in [4.69, 9.17) is 4.74 Å². The van der Waals surface area contributed by atoms with Crippen LogP contribution in [0.5, 0.6) is 0 Å². The second kappa shape index (κ2) is 7.16. The molecule has 3 aliphatic rings. The Balaban J connectivity index is 1.36. The van der Waals surface area contributed by atoms with Crippen molar-refractivity contribution in [3.63, 3.8) is 0 Å². The molecule has 0 radical (unpaired) electrons. The van der Waals surface area contributed by atoms with Gasteiger partial charge in [0.25, 0.3) is 0 Å². The van der Waals surface area contributed by atoms with Crippen LogP contribution in [0.25, 0.3) is 0 Å². The number of allylic oxidation sites excluding steroid dienone is 2. The number of nitrogens with one attached hydrogen (secondary N) is 1. The topological polar surface area (TPSA) is 24.5 Å². The summed E-state index contributed by atoms with van der Waals surface area (Å²) in [6.45, 7) is 6.01. The first-order chi connectivity index (χ1) is 11.4. The summed E-state index contributed by atoms with van der Waals surface area (Å²) in [5.74, 6) is 2.56. The van der Waals surface area contributed by atoms with E-state index in [1.54, 1.807) is 0 Å². The summed E-state index contributed by atoms with van der Waals surface area (Å²) in [7, 11) is 0. The van der Waals surface area contributed by atoms with E-state index in [2.05, 4.69) is 52.7 Å². The molecule has 1 aliphatic heterocycles. The fraction of sp³-hybridized carbons (Fsp3) is 0.600. The molecule has 0 spiro atoms. The average Bonchev–Trinajstić information content (AvgIpc) is 3.23. The molecule has 1 saturated carbocycles. The third-order valence-electron chi connectivity index (χ3n) is 5.83. The second-order valence-corrected chi connectivity index (χ2v) is 7.27. The molecule has 2 bridgehead atoms. The zero-order chi connectivity index (χ0) is 15.5. The minimum atomic E-state index is 0.467. The molecule has 1 saturated heterocycles. The molecule has 2 aliphatic carbocycles. The van der Waals surface area contributed by atoms with Crippen LogP contribution < -0.4 is 5.32 Å². The highest BCUT2D eigenvalue weighted by Gasteiger charge is 2.35. The lowest BCUT2D eigenvalue weighted by Crippen LogP contribution is -2.43. The monoisotopic (exact) mass is 312 g/mol. The summed E-state index contributed by atoms with van der Waals surface area (Å²) < 4.78 is 5.54. The van der Waals surface area contributed by atoms with Gasteiger partial charge in [0, 0.05) is 25.7 Å². The van der Waals surface area contributed by atoms with Crippen molar-refractivity contribution in [2.24, 2.45) is 17.8 Å². The zero-order valence-corrected chi connectivity index (χ0v) is 13.9. The van der Waals surface area contributed by atoms with E-state index in [9.17, 15) is 0 Å². The highest BCUT2D eigenvalue weighted by atomic mass is 16.5. The lowest BCUT2D eigenvalue weighted by atomic mass is 9.93. The maximum absolute atomic E-state index is 5.54. The number of morpholine rings is 1. The molecule has 3 nitrogen and oxygen atoms in total. The van der Waals surface area contributed by atoms with Gasteiger partial charge in [0.2, 0.25) is 0 Å². The van der Waals surface area contributed by atoms with Gasteiger partial charge in [-0.2, -0.15) is 0 Å². The normalized spacial score (nSPS) is 31.6. The van der Waals surface area contributed by atoms with Gasteiger partial charge < -0.3 is 10.1 Å². The van der Waals surface area contributed by atoms with Gasteiger partial charge in [-0.1, -0.05) is 42.5 Å². The van der Waals surface area contributed by atoms with E-state index in [0.717, 1.165) is 50.6 Å². The van der Waals surface area contributed by atoms with Gasteiger partial charge >= 0.3 is 0 Å². The quantitative estimate of drug-likeness (QED) is 0.818. The fourth-order valence-electron chi connectivity index (χ4n) is 4.56. The molecule has 4 atom stereocenters. The predicted molar refractivity (Wildman–Crippen MR) is 93.3 cm³/mol. The van der Waals surface area contributed by atoms with Crippen LogP contribution in [0.15, 0.2) is 42.5 Å². The van der Waals surface area contributed by atoms with Crippen molar-refractivity contribution in [1.82, 2.24) is 10.2 Å². The Morgan fingerprint density at radius 1 is 1.09 bits per heavy atom. The Bertz CT molecular complexity index is 524. The maximum Gasteiger partial charge on any atom is 0.0594 e. The summed E-state index contributed by atoms with van der Waals surface area (Å²) >= 11 is 0. The standard InChI is InChI=1S/C20H28N2O/c1-2-4-17(5-3-1)20(22-8-10-23-11-9-22)15-21-14-19-13-16-6-7-18(19)12-16/h1-7,16,18-21H,8-15H2. The minimum absolute atomic E-state index is 0.467. The molecule has 23 heavy (non-hydrogen) atoms. The van der Waals surface area contributed by atoms with Crippen LogP contribution in [0.3, 0.4) is 0 Å². The number of hydrogen-bond acceptors (Lipinski definition) is 3. The van der Waals surface area contributed by atoms with Gasteiger partial charge in [-0.05, 0) is 42.7 Å². The van der Waals surface area contributed by atoms with Gasteiger partial charge in [-0.15, -0.1) is 0 Å². The third-order valence-corrected chi connectivity index (χ3v) is 5.83. The highest BCUT2D eigenvalue weighted by molar-refractivity contribution is 5.19. The van der Waals surface area contributed by atoms with Crippen LogP contribution >= 0.6 is 0 Å². The Morgan fingerprint density at radius 3 is 2.61 bits per heavy atom. The van der Waals surface area contributed by atoms with Crippen molar-refractivity contribution < 1.29 is 4.74 Å². The van der Waals surface area contributed by atoms with Crippen molar-refractivity contribution in [2.75, 3.05) is 39.4 Å². The summed E-state index contributed by atoms with van der Waals surface area (Å²) in [5.41, 5.74) is 1.43. The predicted octanol–water partition coefficient (Wildman–Crippen LogP) is 2.86. The third kappa shape index (κ3) is 3.52. The van der Waals surface area contributed by atoms with Crippen LogP contribution in [-0.2, 0) is 4.74 Å². The first kappa shape index (κ1) is 15.4. The van der Waals surface area contributed by atoms with Gasteiger partial charge in [-0.25, -0.2) is 0 Å². The first-order valence-corrected chi connectivity index (χ1v) is 9.16. The molecule has 124 valence electrons. The molecule has 0 amide bonds. The Hall–Kier alpha value is -1.16. The summed E-state index contributed by atoms with van der Waals surface area (Å²) in [6.07, 6.45) is 7.68. The Morgan fingerprint density at radius 2 is 1.91 bits per heavy atom. The van der Waals surface area contributed by atoms with Crippen molar-refractivity contribution in [3.05, 3.63) is 48.0 Å². The van der Waals surface area contributed by atoms with Crippen LogP contribution in [-0.4, -0.2) is 44.3 Å². The maximum atomic E-state index is 5.54. The van der Waals surface area contributed by atoms with Crippen molar-refractivity contribution >= 4 is 0 Å². The first-order valence-electron chi connectivity index (χ1n) is 9.16. The molecule has 4 rings (SSSR count). The molecule has 4 unspecified atom stereocenters. The van der Waals surface area contributed by atoms with E-state index >= 15 is 0 Å². The largest absolute Gasteiger partial charge is 0.379 e. The zero-order valence-electron chi connectivity index (χ0n) is 13.9. The molecular weight excluding hydrogens is 284 g/mol. The van der Waals surface area contributed by atoms with E-state index in [-0.39, 0.29) is 0 Å². The molecule has 1 N–H and O–H groups in total. The molecule has 1 heterocycles. The van der Waals surface area contributed by atoms with Crippen LogP contribution in [0.4, 0.5) is 0 Å². The summed E-state index contributed by atoms with van der Waals surface area (Å²) in [6, 6.07) is 11.4. The number of hydrogen-bond donors (Lipinski definition) is 1. The lowest BCUT2D eigenvalue weighted by Gasteiger charge is -2.35. The average molecular weight is 312 g/mol. The highest BCUT2D eigenvalue weighted by Crippen LogP contribution is 2.43. The van der Waals surface area contributed by atoms with Crippen LogP contribution in [0.1, 0.15) is 24.4 Å². The smallest absolute Gasteiger partial charge is 0.0594 e. The molecular formula is C20H28N2O. The summed E-state index contributed by atoms with van der Waals surface area (Å²) in [4.78, 5) is 2.58. The number of rotatable bonds is 6. The van der Waals surface area contributed by atoms with Crippen LogP contribution in [0.2, 0.25) is 0 Å².